The van der Waals surface area contributed by atoms with E-state index in [9.17, 15) is 4.39 Å². The SMILES string of the molecule is NC(=S)c1ccc(F)c(COC2CCOCC2)c1. The van der Waals surface area contributed by atoms with E-state index in [2.05, 4.69) is 0 Å². The summed E-state index contributed by atoms with van der Waals surface area (Å²) >= 11 is 4.87. The predicted molar refractivity (Wildman–Crippen MR) is 70.9 cm³/mol. The molecule has 2 rings (SSSR count). The molecule has 0 spiro atoms. The lowest BCUT2D eigenvalue weighted by molar-refractivity contribution is -0.0397. The lowest BCUT2D eigenvalue weighted by Gasteiger charge is -2.22. The van der Waals surface area contributed by atoms with Crippen LogP contribution < -0.4 is 5.73 Å². The van der Waals surface area contributed by atoms with E-state index in [1.54, 1.807) is 12.1 Å². The molecule has 1 saturated heterocycles. The molecule has 3 nitrogen and oxygen atoms in total. The van der Waals surface area contributed by atoms with Gasteiger partial charge >= 0.3 is 0 Å². The van der Waals surface area contributed by atoms with Crippen LogP contribution in [0, 0.1) is 5.82 Å². The number of ether oxygens (including phenoxy) is 2. The summed E-state index contributed by atoms with van der Waals surface area (Å²) in [7, 11) is 0. The average molecular weight is 269 g/mol. The molecule has 0 saturated carbocycles. The Morgan fingerprint density at radius 3 is 2.83 bits per heavy atom. The Bertz CT molecular complexity index is 433. The highest BCUT2D eigenvalue weighted by molar-refractivity contribution is 7.80. The summed E-state index contributed by atoms with van der Waals surface area (Å²) in [4.78, 5) is 0.266. The summed E-state index contributed by atoms with van der Waals surface area (Å²) in [5.41, 5.74) is 6.68. The maximum atomic E-state index is 13.6. The smallest absolute Gasteiger partial charge is 0.128 e. The molecule has 1 aliphatic rings. The van der Waals surface area contributed by atoms with Crippen LogP contribution in [0.5, 0.6) is 0 Å². The van der Waals surface area contributed by atoms with Gasteiger partial charge < -0.3 is 15.2 Å². The van der Waals surface area contributed by atoms with E-state index in [4.69, 9.17) is 27.4 Å². The van der Waals surface area contributed by atoms with Crippen LogP contribution in [-0.4, -0.2) is 24.3 Å². The Kier molecular flexibility index (Phi) is 4.63. The minimum absolute atomic E-state index is 0.145. The molecular formula is C13H16FNO2S. The number of hydrogen-bond acceptors (Lipinski definition) is 3. The second kappa shape index (κ2) is 6.22. The van der Waals surface area contributed by atoms with Crippen molar-refractivity contribution >= 4 is 17.2 Å². The van der Waals surface area contributed by atoms with Crippen LogP contribution in [0.4, 0.5) is 4.39 Å². The first kappa shape index (κ1) is 13.4. The van der Waals surface area contributed by atoms with Crippen molar-refractivity contribution in [2.45, 2.75) is 25.6 Å². The molecule has 18 heavy (non-hydrogen) atoms. The molecule has 5 heteroatoms. The molecule has 0 amide bonds. The molecule has 0 bridgehead atoms. The van der Waals surface area contributed by atoms with Gasteiger partial charge in [-0.05, 0) is 31.0 Å². The van der Waals surface area contributed by atoms with Gasteiger partial charge in [0.15, 0.2) is 0 Å². The Balaban J connectivity index is 1.99. The number of nitrogens with two attached hydrogens (primary N) is 1. The van der Waals surface area contributed by atoms with Gasteiger partial charge in [0.05, 0.1) is 12.7 Å². The molecule has 98 valence electrons. The van der Waals surface area contributed by atoms with Crippen LogP contribution in [0.3, 0.4) is 0 Å². The Labute approximate surface area is 111 Å². The molecule has 0 unspecified atom stereocenters. The highest BCUT2D eigenvalue weighted by atomic mass is 32.1. The third-order valence-corrected chi connectivity index (χ3v) is 3.21. The van der Waals surface area contributed by atoms with Gasteiger partial charge in [0.1, 0.15) is 10.8 Å². The predicted octanol–water partition coefficient (Wildman–Crippen LogP) is 2.16. The van der Waals surface area contributed by atoms with Gasteiger partial charge in [-0.1, -0.05) is 12.2 Å². The Morgan fingerprint density at radius 2 is 2.17 bits per heavy atom. The average Bonchev–Trinajstić information content (AvgIpc) is 2.38. The molecule has 1 heterocycles. The van der Waals surface area contributed by atoms with Crippen molar-refractivity contribution in [2.75, 3.05) is 13.2 Å². The first-order chi connectivity index (χ1) is 8.66. The van der Waals surface area contributed by atoms with Crippen molar-refractivity contribution in [3.05, 3.63) is 35.1 Å². The second-order valence-electron chi connectivity index (χ2n) is 4.29. The van der Waals surface area contributed by atoms with E-state index in [-0.39, 0.29) is 23.5 Å². The molecule has 0 atom stereocenters. The monoisotopic (exact) mass is 269 g/mol. The van der Waals surface area contributed by atoms with Crippen molar-refractivity contribution in [1.82, 2.24) is 0 Å². The summed E-state index contributed by atoms with van der Waals surface area (Å²) < 4.78 is 24.5. The zero-order valence-electron chi connectivity index (χ0n) is 10.0. The fourth-order valence-electron chi connectivity index (χ4n) is 1.89. The zero-order chi connectivity index (χ0) is 13.0. The molecule has 0 aromatic heterocycles. The van der Waals surface area contributed by atoms with E-state index >= 15 is 0 Å². The van der Waals surface area contributed by atoms with E-state index in [0.717, 1.165) is 12.8 Å². The van der Waals surface area contributed by atoms with Gasteiger partial charge in [-0.15, -0.1) is 0 Å². The van der Waals surface area contributed by atoms with E-state index < -0.39 is 0 Å². The number of hydrogen-bond donors (Lipinski definition) is 1. The van der Waals surface area contributed by atoms with E-state index in [1.807, 2.05) is 0 Å². The molecule has 1 fully saturated rings. The molecule has 1 aromatic rings. The fourth-order valence-corrected chi connectivity index (χ4v) is 2.02. The topological polar surface area (TPSA) is 44.5 Å². The first-order valence-electron chi connectivity index (χ1n) is 5.94. The van der Waals surface area contributed by atoms with Crippen LogP contribution in [0.15, 0.2) is 18.2 Å². The summed E-state index contributed by atoms with van der Waals surface area (Å²) in [5.74, 6) is -0.290. The standard InChI is InChI=1S/C13H16FNO2S/c14-12-2-1-9(13(15)18)7-10(12)8-17-11-3-5-16-6-4-11/h1-2,7,11H,3-6,8H2,(H2,15,18). The Morgan fingerprint density at radius 1 is 1.44 bits per heavy atom. The van der Waals surface area contributed by atoms with Crippen molar-refractivity contribution in [1.29, 1.82) is 0 Å². The summed E-state index contributed by atoms with van der Waals surface area (Å²) in [6.45, 7) is 1.66. The third kappa shape index (κ3) is 3.48. The molecule has 0 aliphatic carbocycles. The van der Waals surface area contributed by atoms with Crippen LogP contribution in [0.1, 0.15) is 24.0 Å². The third-order valence-electron chi connectivity index (χ3n) is 2.97. The van der Waals surface area contributed by atoms with Crippen molar-refractivity contribution in [2.24, 2.45) is 5.73 Å². The van der Waals surface area contributed by atoms with Crippen molar-refractivity contribution in [3.63, 3.8) is 0 Å². The molecule has 0 radical (unpaired) electrons. The first-order valence-corrected chi connectivity index (χ1v) is 6.35. The number of rotatable bonds is 4. The summed E-state index contributed by atoms with van der Waals surface area (Å²) in [6.07, 6.45) is 1.86. The van der Waals surface area contributed by atoms with E-state index in [1.165, 1.54) is 6.07 Å². The fraction of sp³-hybridized carbons (Fsp3) is 0.462. The largest absolute Gasteiger partial charge is 0.389 e. The minimum Gasteiger partial charge on any atom is -0.389 e. The number of benzene rings is 1. The lowest BCUT2D eigenvalue weighted by Crippen LogP contribution is -2.23. The minimum atomic E-state index is -0.290. The Hall–Kier alpha value is -1.04. The molecule has 1 aromatic carbocycles. The quantitative estimate of drug-likeness (QED) is 0.851. The van der Waals surface area contributed by atoms with Crippen molar-refractivity contribution < 1.29 is 13.9 Å². The molecule has 1 aliphatic heterocycles. The van der Waals surface area contributed by atoms with Gasteiger partial charge in [0, 0.05) is 24.3 Å². The van der Waals surface area contributed by atoms with Crippen molar-refractivity contribution in [3.8, 4) is 0 Å². The normalized spacial score (nSPS) is 16.7. The maximum Gasteiger partial charge on any atom is 0.128 e. The van der Waals surface area contributed by atoms with Gasteiger partial charge in [0.25, 0.3) is 0 Å². The summed E-state index contributed by atoms with van der Waals surface area (Å²) in [6, 6.07) is 4.60. The van der Waals surface area contributed by atoms with Gasteiger partial charge in [-0.2, -0.15) is 0 Å². The van der Waals surface area contributed by atoms with E-state index in [0.29, 0.717) is 24.3 Å². The summed E-state index contributed by atoms with van der Waals surface area (Å²) in [5, 5.41) is 0. The highest BCUT2D eigenvalue weighted by Gasteiger charge is 2.15. The molecular weight excluding hydrogens is 253 g/mol. The second-order valence-corrected chi connectivity index (χ2v) is 4.73. The zero-order valence-corrected chi connectivity index (χ0v) is 10.8. The van der Waals surface area contributed by atoms with Gasteiger partial charge in [0.2, 0.25) is 0 Å². The van der Waals surface area contributed by atoms with Crippen LogP contribution in [-0.2, 0) is 16.1 Å². The van der Waals surface area contributed by atoms with Crippen LogP contribution in [0.2, 0.25) is 0 Å². The number of thiocarbonyl (C=S) groups is 1. The van der Waals surface area contributed by atoms with Crippen LogP contribution in [0.25, 0.3) is 0 Å². The highest BCUT2D eigenvalue weighted by Crippen LogP contribution is 2.16. The van der Waals surface area contributed by atoms with Gasteiger partial charge in [-0.25, -0.2) is 4.39 Å². The van der Waals surface area contributed by atoms with Crippen LogP contribution >= 0.6 is 12.2 Å². The number of halogens is 1. The lowest BCUT2D eigenvalue weighted by atomic mass is 10.1. The maximum absolute atomic E-state index is 13.6. The molecule has 2 N–H and O–H groups in total. The van der Waals surface area contributed by atoms with Gasteiger partial charge in [-0.3, -0.25) is 0 Å².